The molecule has 0 atom stereocenters. The fourth-order valence-electron chi connectivity index (χ4n) is 0.229. The summed E-state index contributed by atoms with van der Waals surface area (Å²) in [5.41, 5.74) is 0. The molecule has 0 aromatic carbocycles. The van der Waals surface area contributed by atoms with Crippen molar-refractivity contribution in [3.05, 3.63) is 5.32 Å². The Morgan fingerprint density at radius 2 is 2.14 bits per heavy atom. The van der Waals surface area contributed by atoms with Gasteiger partial charge in [0.25, 0.3) is 0 Å². The summed E-state index contributed by atoms with van der Waals surface area (Å²) < 4.78 is 0. The maximum Gasteiger partial charge on any atom is 1.00 e. The van der Waals surface area contributed by atoms with Gasteiger partial charge in [-0.15, -0.1) is 6.54 Å². The molecule has 0 bridgehead atoms. The van der Waals surface area contributed by atoms with Crippen molar-refractivity contribution in [1.82, 2.24) is 0 Å². The SMILES string of the molecule is CC[N-]CCO.[K+]. The summed E-state index contributed by atoms with van der Waals surface area (Å²) >= 11 is 0. The van der Waals surface area contributed by atoms with Crippen molar-refractivity contribution in [3.8, 4) is 0 Å². The zero-order chi connectivity index (χ0) is 4.83. The van der Waals surface area contributed by atoms with Crippen molar-refractivity contribution < 1.29 is 56.5 Å². The van der Waals surface area contributed by atoms with Crippen LogP contribution in [-0.4, -0.2) is 24.8 Å². The smallest absolute Gasteiger partial charge is 0.661 e. The third-order valence-corrected chi connectivity index (χ3v) is 0.482. The Bertz CT molecular complexity index is 23.7. The molecule has 0 aromatic heterocycles. The number of hydrogen-bond donors (Lipinski definition) is 1. The van der Waals surface area contributed by atoms with E-state index in [-0.39, 0.29) is 58.0 Å². The minimum absolute atomic E-state index is 0. The Hall–Kier alpha value is 1.56. The van der Waals surface area contributed by atoms with Crippen molar-refractivity contribution in [2.45, 2.75) is 6.92 Å². The number of aliphatic hydroxyl groups excluding tert-OH is 1. The Labute approximate surface area is 87.1 Å². The van der Waals surface area contributed by atoms with Gasteiger partial charge < -0.3 is 10.4 Å². The van der Waals surface area contributed by atoms with Crippen LogP contribution in [0.1, 0.15) is 6.92 Å². The molecule has 0 saturated heterocycles. The summed E-state index contributed by atoms with van der Waals surface area (Å²) in [6.07, 6.45) is 0. The molecule has 0 saturated carbocycles. The van der Waals surface area contributed by atoms with E-state index < -0.39 is 0 Å². The van der Waals surface area contributed by atoms with E-state index in [1.165, 1.54) is 0 Å². The van der Waals surface area contributed by atoms with Gasteiger partial charge >= 0.3 is 51.4 Å². The fraction of sp³-hybridized carbons (Fsp3) is 1.00. The molecule has 0 aliphatic heterocycles. The molecule has 0 aliphatic rings. The molecule has 0 unspecified atom stereocenters. The predicted octanol–water partition coefficient (Wildman–Crippen LogP) is -2.62. The number of rotatable bonds is 3. The van der Waals surface area contributed by atoms with Crippen LogP contribution in [0.3, 0.4) is 0 Å². The molecular formula is C4H10KNO. The Morgan fingerprint density at radius 3 is 2.29 bits per heavy atom. The standard InChI is InChI=1S/C4H10NO.K/c1-2-5-3-4-6;/h6H,2-4H2,1H3;/q-1;+1. The largest absolute Gasteiger partial charge is 1.00 e. The van der Waals surface area contributed by atoms with Crippen LogP contribution in [0.15, 0.2) is 0 Å². The molecule has 0 aromatic rings. The molecule has 1 N–H and O–H groups in total. The molecule has 0 heterocycles. The van der Waals surface area contributed by atoms with Gasteiger partial charge in [-0.2, -0.15) is 6.54 Å². The molecule has 38 valence electrons. The van der Waals surface area contributed by atoms with Gasteiger partial charge in [-0.05, 0) is 0 Å². The molecule has 3 heteroatoms. The van der Waals surface area contributed by atoms with Crippen molar-refractivity contribution in [1.29, 1.82) is 0 Å². The van der Waals surface area contributed by atoms with Gasteiger partial charge in [0, 0.05) is 6.61 Å². The van der Waals surface area contributed by atoms with Crippen LogP contribution < -0.4 is 51.4 Å². The van der Waals surface area contributed by atoms with Gasteiger partial charge in [0.2, 0.25) is 0 Å². The first kappa shape index (κ1) is 11.4. The Balaban J connectivity index is 0. The summed E-state index contributed by atoms with van der Waals surface area (Å²) in [6, 6.07) is 0. The van der Waals surface area contributed by atoms with Gasteiger partial charge in [-0.1, -0.05) is 6.92 Å². The van der Waals surface area contributed by atoms with E-state index in [0.717, 1.165) is 6.54 Å². The average molecular weight is 127 g/mol. The van der Waals surface area contributed by atoms with Gasteiger partial charge in [0.05, 0.1) is 0 Å². The Morgan fingerprint density at radius 1 is 1.57 bits per heavy atom. The molecule has 0 spiro atoms. The van der Waals surface area contributed by atoms with E-state index in [1.807, 2.05) is 6.92 Å². The molecule has 0 rings (SSSR count). The van der Waals surface area contributed by atoms with E-state index in [4.69, 9.17) is 5.11 Å². The summed E-state index contributed by atoms with van der Waals surface area (Å²) in [6.45, 7) is 3.56. The van der Waals surface area contributed by atoms with Crippen molar-refractivity contribution in [2.75, 3.05) is 19.7 Å². The first-order valence-electron chi connectivity index (χ1n) is 2.16. The minimum atomic E-state index is 0. The first-order chi connectivity index (χ1) is 2.91. The Kier molecular flexibility index (Phi) is 17.1. The topological polar surface area (TPSA) is 34.3 Å². The van der Waals surface area contributed by atoms with Crippen LogP contribution in [0, 0.1) is 0 Å². The average Bonchev–Trinajstić information content (AvgIpc) is 1.61. The molecule has 2 nitrogen and oxygen atoms in total. The fourth-order valence-corrected chi connectivity index (χ4v) is 0.229. The van der Waals surface area contributed by atoms with Crippen LogP contribution in [0.2, 0.25) is 0 Å². The molecule has 7 heavy (non-hydrogen) atoms. The van der Waals surface area contributed by atoms with Crippen LogP contribution in [-0.2, 0) is 0 Å². The normalized spacial score (nSPS) is 7.71. The van der Waals surface area contributed by atoms with Crippen LogP contribution in [0.25, 0.3) is 5.32 Å². The van der Waals surface area contributed by atoms with Crippen molar-refractivity contribution in [3.63, 3.8) is 0 Å². The van der Waals surface area contributed by atoms with Gasteiger partial charge in [-0.25, -0.2) is 0 Å². The predicted molar refractivity (Wildman–Crippen MR) is 25.9 cm³/mol. The van der Waals surface area contributed by atoms with Crippen LogP contribution in [0.4, 0.5) is 0 Å². The van der Waals surface area contributed by atoms with Crippen LogP contribution >= 0.6 is 0 Å². The van der Waals surface area contributed by atoms with Crippen molar-refractivity contribution >= 4 is 0 Å². The van der Waals surface area contributed by atoms with Gasteiger partial charge in [0.15, 0.2) is 0 Å². The number of nitrogens with zero attached hydrogens (tertiary/aromatic N) is 1. The summed E-state index contributed by atoms with van der Waals surface area (Å²) in [5.74, 6) is 0. The van der Waals surface area contributed by atoms with Crippen molar-refractivity contribution in [2.24, 2.45) is 0 Å². The zero-order valence-corrected chi connectivity index (χ0v) is 8.14. The maximum atomic E-state index is 8.10. The van der Waals surface area contributed by atoms with Gasteiger partial charge in [-0.3, -0.25) is 0 Å². The monoisotopic (exact) mass is 127 g/mol. The molecule has 0 amide bonds. The number of aliphatic hydroxyl groups is 1. The molecule has 0 radical (unpaired) electrons. The summed E-state index contributed by atoms with van der Waals surface area (Å²) in [7, 11) is 0. The second-order valence-electron chi connectivity index (χ2n) is 0.987. The first-order valence-corrected chi connectivity index (χ1v) is 2.16. The summed E-state index contributed by atoms with van der Waals surface area (Å²) in [5, 5.41) is 11.9. The van der Waals surface area contributed by atoms with E-state index in [0.29, 0.717) is 6.54 Å². The number of hydrogen-bond acceptors (Lipinski definition) is 1. The third kappa shape index (κ3) is 11.2. The third-order valence-electron chi connectivity index (χ3n) is 0.482. The van der Waals surface area contributed by atoms with Gasteiger partial charge in [0.1, 0.15) is 0 Å². The molecule has 0 aliphatic carbocycles. The summed E-state index contributed by atoms with van der Waals surface area (Å²) in [4.78, 5) is 0. The van der Waals surface area contributed by atoms with E-state index in [1.54, 1.807) is 0 Å². The number of likely N-dealkylation sites (N-methyl/N-ethyl adjacent to an activating group) is 1. The van der Waals surface area contributed by atoms with E-state index in [9.17, 15) is 0 Å². The van der Waals surface area contributed by atoms with Crippen LogP contribution in [0.5, 0.6) is 0 Å². The second kappa shape index (κ2) is 10.5. The molecular weight excluding hydrogens is 117 g/mol. The zero-order valence-electron chi connectivity index (χ0n) is 5.02. The maximum absolute atomic E-state index is 8.10. The van der Waals surface area contributed by atoms with E-state index >= 15 is 0 Å². The minimum Gasteiger partial charge on any atom is -0.661 e. The molecule has 0 fully saturated rings. The quantitative estimate of drug-likeness (QED) is 0.327. The second-order valence-corrected chi connectivity index (χ2v) is 0.987. The van der Waals surface area contributed by atoms with E-state index in [2.05, 4.69) is 5.32 Å².